The molecular weight excluding hydrogens is 252 g/mol. The Balaban J connectivity index is 3.01. The molecule has 0 aromatic heterocycles. The number of Topliss-reactive ketones (excluding diaryl/α,β-unsaturated/α-hetero) is 1. The van der Waals surface area contributed by atoms with Crippen molar-refractivity contribution < 1.29 is 4.79 Å². The highest BCUT2D eigenvalue weighted by Gasteiger charge is 2.15. The van der Waals surface area contributed by atoms with Crippen LogP contribution in [-0.2, 0) is 6.42 Å². The molecule has 1 aromatic rings. The number of rotatable bonds is 4. The first-order chi connectivity index (χ1) is 7.02. The molecule has 0 N–H and O–H groups in total. The Kier molecular flexibility index (Phi) is 4.52. The zero-order chi connectivity index (χ0) is 11.4. The van der Waals surface area contributed by atoms with Crippen LogP contribution in [0.4, 0.5) is 0 Å². The average molecular weight is 269 g/mol. The summed E-state index contributed by atoms with van der Waals surface area (Å²) in [7, 11) is 0. The highest BCUT2D eigenvalue weighted by Crippen LogP contribution is 2.17. The predicted octanol–water partition coefficient (Wildman–Crippen LogP) is 3.85. The van der Waals surface area contributed by atoms with Gasteiger partial charge in [-0.2, -0.15) is 0 Å². The molecule has 1 nitrogen and oxygen atoms in total. The second-order valence-electron chi connectivity index (χ2n) is 4.24. The summed E-state index contributed by atoms with van der Waals surface area (Å²) >= 11 is 3.33. The van der Waals surface area contributed by atoms with Crippen LogP contribution in [0.3, 0.4) is 0 Å². The van der Waals surface area contributed by atoms with Crippen LogP contribution in [-0.4, -0.2) is 10.6 Å². The van der Waals surface area contributed by atoms with Crippen molar-refractivity contribution in [3.05, 3.63) is 35.4 Å². The lowest BCUT2D eigenvalue weighted by Gasteiger charge is -2.11. The lowest BCUT2D eigenvalue weighted by Crippen LogP contribution is -2.13. The van der Waals surface area contributed by atoms with Crippen molar-refractivity contribution in [3.63, 3.8) is 0 Å². The van der Waals surface area contributed by atoms with E-state index in [1.54, 1.807) is 0 Å². The zero-order valence-corrected chi connectivity index (χ0v) is 11.0. The molecule has 1 aromatic carbocycles. The van der Waals surface area contributed by atoms with Crippen molar-refractivity contribution in [1.82, 2.24) is 0 Å². The van der Waals surface area contributed by atoms with Crippen molar-refractivity contribution in [2.75, 3.05) is 0 Å². The Morgan fingerprint density at radius 2 is 1.87 bits per heavy atom. The topological polar surface area (TPSA) is 17.1 Å². The molecule has 2 heteroatoms. The van der Waals surface area contributed by atoms with Crippen LogP contribution >= 0.6 is 15.9 Å². The van der Waals surface area contributed by atoms with Crippen molar-refractivity contribution in [3.8, 4) is 0 Å². The van der Waals surface area contributed by atoms with Crippen LogP contribution in [0, 0.1) is 5.92 Å². The summed E-state index contributed by atoms with van der Waals surface area (Å²) in [6, 6.07) is 7.88. The summed E-state index contributed by atoms with van der Waals surface area (Å²) in [6.07, 6.45) is 0.960. The Morgan fingerprint density at radius 1 is 1.27 bits per heavy atom. The molecule has 0 bridgehead atoms. The molecule has 1 rings (SSSR count). The minimum atomic E-state index is -0.106. The quantitative estimate of drug-likeness (QED) is 0.599. The molecule has 0 aliphatic rings. The molecule has 0 fully saturated rings. The van der Waals surface area contributed by atoms with Crippen LogP contribution in [0.15, 0.2) is 24.3 Å². The molecular formula is C13H17BrO. The Labute approximate surface area is 100 Å². The first-order valence-electron chi connectivity index (χ1n) is 5.28. The van der Waals surface area contributed by atoms with Gasteiger partial charge in [0.25, 0.3) is 0 Å². The Hall–Kier alpha value is -0.630. The van der Waals surface area contributed by atoms with E-state index in [-0.39, 0.29) is 10.6 Å². The van der Waals surface area contributed by atoms with Crippen molar-refractivity contribution in [2.24, 2.45) is 5.92 Å². The number of hydrogen-bond donors (Lipinski definition) is 0. The van der Waals surface area contributed by atoms with Crippen LogP contribution in [0.5, 0.6) is 0 Å². The van der Waals surface area contributed by atoms with Gasteiger partial charge in [-0.1, -0.05) is 54.0 Å². The standard InChI is InChI=1S/C13H17BrO/c1-9(2)8-11-6-4-5-7-12(11)13(15)10(3)14/h4-7,9-10H,8H2,1-3H3. The minimum Gasteiger partial charge on any atom is -0.293 e. The van der Waals surface area contributed by atoms with Crippen LogP contribution in [0.2, 0.25) is 0 Å². The first-order valence-corrected chi connectivity index (χ1v) is 6.20. The third kappa shape index (κ3) is 3.45. The van der Waals surface area contributed by atoms with Crippen molar-refractivity contribution in [1.29, 1.82) is 0 Å². The number of hydrogen-bond acceptors (Lipinski definition) is 1. The molecule has 1 atom stereocenters. The number of ketones is 1. The SMILES string of the molecule is CC(C)Cc1ccccc1C(=O)C(C)Br. The van der Waals surface area contributed by atoms with E-state index >= 15 is 0 Å². The summed E-state index contributed by atoms with van der Waals surface area (Å²) in [5.74, 6) is 0.746. The summed E-state index contributed by atoms with van der Waals surface area (Å²) in [5, 5.41) is 0. The molecule has 0 aliphatic heterocycles. The van der Waals surface area contributed by atoms with Gasteiger partial charge in [-0.05, 0) is 24.8 Å². The van der Waals surface area contributed by atoms with E-state index < -0.39 is 0 Å². The van der Waals surface area contributed by atoms with Crippen molar-refractivity contribution >= 4 is 21.7 Å². The summed E-state index contributed by atoms with van der Waals surface area (Å²) < 4.78 is 0. The zero-order valence-electron chi connectivity index (χ0n) is 9.46. The maximum atomic E-state index is 11.9. The van der Waals surface area contributed by atoms with E-state index in [0.29, 0.717) is 5.92 Å². The fourth-order valence-corrected chi connectivity index (χ4v) is 1.84. The second kappa shape index (κ2) is 5.45. The lowest BCUT2D eigenvalue weighted by molar-refractivity contribution is 0.0995. The third-order valence-electron chi connectivity index (χ3n) is 2.27. The maximum absolute atomic E-state index is 11.9. The van der Waals surface area contributed by atoms with E-state index in [9.17, 15) is 4.79 Å². The van der Waals surface area contributed by atoms with Gasteiger partial charge in [0.1, 0.15) is 0 Å². The molecule has 82 valence electrons. The second-order valence-corrected chi connectivity index (χ2v) is 5.61. The normalized spacial score (nSPS) is 12.9. The Bertz CT molecular complexity index is 342. The highest BCUT2D eigenvalue weighted by atomic mass is 79.9. The molecule has 0 aliphatic carbocycles. The molecule has 0 radical (unpaired) electrons. The Morgan fingerprint density at radius 3 is 2.40 bits per heavy atom. The molecule has 0 heterocycles. The number of halogens is 1. The summed E-state index contributed by atoms with van der Waals surface area (Å²) in [6.45, 7) is 6.20. The van der Waals surface area contributed by atoms with E-state index in [1.807, 2.05) is 31.2 Å². The summed E-state index contributed by atoms with van der Waals surface area (Å²) in [4.78, 5) is 11.8. The molecule has 1 unspecified atom stereocenters. The van der Waals surface area contributed by atoms with Crippen LogP contribution < -0.4 is 0 Å². The van der Waals surface area contributed by atoms with Crippen LogP contribution in [0.25, 0.3) is 0 Å². The van der Waals surface area contributed by atoms with Gasteiger partial charge in [0, 0.05) is 5.56 Å². The number of benzene rings is 1. The molecule has 0 saturated carbocycles. The number of carbonyl (C=O) groups excluding carboxylic acids is 1. The van der Waals surface area contributed by atoms with E-state index in [0.717, 1.165) is 17.5 Å². The van der Waals surface area contributed by atoms with Gasteiger partial charge in [0.2, 0.25) is 0 Å². The van der Waals surface area contributed by atoms with Crippen LogP contribution in [0.1, 0.15) is 36.7 Å². The average Bonchev–Trinajstić information content (AvgIpc) is 2.16. The summed E-state index contributed by atoms with van der Waals surface area (Å²) in [5.41, 5.74) is 2.01. The van der Waals surface area contributed by atoms with Gasteiger partial charge in [-0.25, -0.2) is 0 Å². The van der Waals surface area contributed by atoms with Gasteiger partial charge >= 0.3 is 0 Å². The largest absolute Gasteiger partial charge is 0.293 e. The van der Waals surface area contributed by atoms with E-state index in [2.05, 4.69) is 29.8 Å². The fraction of sp³-hybridized carbons (Fsp3) is 0.462. The molecule has 0 amide bonds. The third-order valence-corrected chi connectivity index (χ3v) is 2.69. The van der Waals surface area contributed by atoms with Gasteiger partial charge in [-0.3, -0.25) is 4.79 Å². The van der Waals surface area contributed by atoms with Gasteiger partial charge in [-0.15, -0.1) is 0 Å². The molecule has 0 spiro atoms. The van der Waals surface area contributed by atoms with Gasteiger partial charge in [0.15, 0.2) is 5.78 Å². The minimum absolute atomic E-state index is 0.106. The van der Waals surface area contributed by atoms with E-state index in [4.69, 9.17) is 0 Å². The van der Waals surface area contributed by atoms with Gasteiger partial charge < -0.3 is 0 Å². The highest BCUT2D eigenvalue weighted by molar-refractivity contribution is 9.10. The lowest BCUT2D eigenvalue weighted by atomic mass is 9.95. The fourth-order valence-electron chi connectivity index (χ4n) is 1.59. The first kappa shape index (κ1) is 12.4. The van der Waals surface area contributed by atoms with E-state index in [1.165, 1.54) is 0 Å². The monoisotopic (exact) mass is 268 g/mol. The van der Waals surface area contributed by atoms with Gasteiger partial charge in [0.05, 0.1) is 4.83 Å². The maximum Gasteiger partial charge on any atom is 0.176 e. The van der Waals surface area contributed by atoms with Crippen molar-refractivity contribution in [2.45, 2.75) is 32.0 Å². The predicted molar refractivity (Wildman–Crippen MR) is 67.7 cm³/mol. The molecule has 0 saturated heterocycles. The number of alkyl halides is 1. The molecule has 15 heavy (non-hydrogen) atoms. The number of carbonyl (C=O) groups is 1. The smallest absolute Gasteiger partial charge is 0.176 e.